The SMILES string of the molecule is Cc1cc([N+](=O)[O-])ccc1OCCCS(=O)(=O)Cl. The molecular formula is C10H12ClNO5S. The van der Waals surface area contributed by atoms with Gasteiger partial charge in [0.05, 0.1) is 17.3 Å². The molecule has 0 aliphatic rings. The molecule has 1 aromatic rings. The Morgan fingerprint density at radius 2 is 2.11 bits per heavy atom. The van der Waals surface area contributed by atoms with Gasteiger partial charge in [-0.2, -0.15) is 0 Å². The minimum Gasteiger partial charge on any atom is -0.493 e. The number of nitro groups is 1. The van der Waals surface area contributed by atoms with E-state index in [1.54, 1.807) is 6.92 Å². The largest absolute Gasteiger partial charge is 0.493 e. The molecule has 0 heterocycles. The monoisotopic (exact) mass is 293 g/mol. The molecule has 0 aromatic heterocycles. The Balaban J connectivity index is 2.56. The molecule has 0 spiro atoms. The van der Waals surface area contributed by atoms with E-state index in [1.165, 1.54) is 18.2 Å². The van der Waals surface area contributed by atoms with E-state index >= 15 is 0 Å². The van der Waals surface area contributed by atoms with Gasteiger partial charge in [0.25, 0.3) is 5.69 Å². The maximum absolute atomic E-state index is 10.7. The molecule has 18 heavy (non-hydrogen) atoms. The fourth-order valence-corrected chi connectivity index (χ4v) is 2.11. The smallest absolute Gasteiger partial charge is 0.269 e. The first kappa shape index (κ1) is 14.7. The molecule has 0 aliphatic carbocycles. The first-order chi connectivity index (χ1) is 8.29. The average molecular weight is 294 g/mol. The lowest BCUT2D eigenvalue weighted by atomic mass is 10.2. The highest BCUT2D eigenvalue weighted by Crippen LogP contribution is 2.23. The summed E-state index contributed by atoms with van der Waals surface area (Å²) in [5.41, 5.74) is 0.612. The summed E-state index contributed by atoms with van der Waals surface area (Å²) in [6.07, 6.45) is 0.266. The fraction of sp³-hybridized carbons (Fsp3) is 0.400. The molecule has 0 amide bonds. The van der Waals surface area contributed by atoms with E-state index in [2.05, 4.69) is 0 Å². The van der Waals surface area contributed by atoms with E-state index in [0.29, 0.717) is 11.3 Å². The number of halogens is 1. The van der Waals surface area contributed by atoms with Gasteiger partial charge in [-0.1, -0.05) is 0 Å². The summed E-state index contributed by atoms with van der Waals surface area (Å²) in [4.78, 5) is 10.0. The Bertz CT molecular complexity index is 543. The topological polar surface area (TPSA) is 86.5 Å². The summed E-state index contributed by atoms with van der Waals surface area (Å²) in [5.74, 6) is 0.327. The molecule has 6 nitrogen and oxygen atoms in total. The Kier molecular flexibility index (Phi) is 4.92. The Hall–Kier alpha value is -1.34. The predicted octanol–water partition coefficient (Wildman–Crippen LogP) is 2.24. The molecule has 0 radical (unpaired) electrons. The Morgan fingerprint density at radius 1 is 1.44 bits per heavy atom. The number of hydrogen-bond donors (Lipinski definition) is 0. The van der Waals surface area contributed by atoms with Gasteiger partial charge in [-0.15, -0.1) is 0 Å². The van der Waals surface area contributed by atoms with Crippen LogP contribution in [-0.2, 0) is 9.05 Å². The second kappa shape index (κ2) is 6.01. The number of aryl methyl sites for hydroxylation is 1. The lowest BCUT2D eigenvalue weighted by molar-refractivity contribution is -0.384. The van der Waals surface area contributed by atoms with Crippen LogP contribution in [0.2, 0.25) is 0 Å². The lowest BCUT2D eigenvalue weighted by Crippen LogP contribution is -2.05. The van der Waals surface area contributed by atoms with Crippen molar-refractivity contribution in [1.29, 1.82) is 0 Å². The van der Waals surface area contributed by atoms with Crippen LogP contribution in [0.3, 0.4) is 0 Å². The molecule has 0 saturated carbocycles. The van der Waals surface area contributed by atoms with E-state index in [-0.39, 0.29) is 24.5 Å². The van der Waals surface area contributed by atoms with Crippen molar-refractivity contribution in [3.63, 3.8) is 0 Å². The van der Waals surface area contributed by atoms with Gasteiger partial charge < -0.3 is 4.74 Å². The molecule has 0 aliphatic heterocycles. The summed E-state index contributed by atoms with van der Waals surface area (Å²) in [6.45, 7) is 1.87. The number of non-ortho nitro benzene ring substituents is 1. The number of nitrogens with zero attached hydrogens (tertiary/aromatic N) is 1. The third kappa shape index (κ3) is 4.89. The van der Waals surface area contributed by atoms with Crippen LogP contribution in [0.25, 0.3) is 0 Å². The van der Waals surface area contributed by atoms with Gasteiger partial charge in [-0.3, -0.25) is 10.1 Å². The van der Waals surface area contributed by atoms with Crippen LogP contribution in [0.5, 0.6) is 5.75 Å². The normalized spacial score (nSPS) is 11.2. The lowest BCUT2D eigenvalue weighted by Gasteiger charge is -2.08. The van der Waals surface area contributed by atoms with Crippen molar-refractivity contribution >= 4 is 25.4 Å². The molecule has 0 bridgehead atoms. The van der Waals surface area contributed by atoms with Crippen molar-refractivity contribution in [3.05, 3.63) is 33.9 Å². The third-order valence-electron chi connectivity index (χ3n) is 2.16. The first-order valence-corrected chi connectivity index (χ1v) is 7.57. The summed E-state index contributed by atoms with van der Waals surface area (Å²) in [6, 6.07) is 4.22. The van der Waals surface area contributed by atoms with Crippen molar-refractivity contribution in [1.82, 2.24) is 0 Å². The molecule has 0 atom stereocenters. The molecule has 0 N–H and O–H groups in total. The summed E-state index contributed by atoms with van der Waals surface area (Å²) < 4.78 is 26.6. The van der Waals surface area contributed by atoms with Gasteiger partial charge in [0, 0.05) is 22.8 Å². The molecule has 1 rings (SSSR count). The second-order valence-electron chi connectivity index (χ2n) is 3.65. The zero-order valence-corrected chi connectivity index (χ0v) is 11.2. The molecule has 100 valence electrons. The molecule has 8 heteroatoms. The second-order valence-corrected chi connectivity index (χ2v) is 6.55. The van der Waals surface area contributed by atoms with Crippen LogP contribution in [-0.4, -0.2) is 25.7 Å². The highest BCUT2D eigenvalue weighted by Gasteiger charge is 2.09. The summed E-state index contributed by atoms with van der Waals surface area (Å²) >= 11 is 0. The average Bonchev–Trinajstić information content (AvgIpc) is 2.24. The summed E-state index contributed by atoms with van der Waals surface area (Å²) in [5, 5.41) is 10.5. The molecule has 1 aromatic carbocycles. The van der Waals surface area contributed by atoms with E-state index in [4.69, 9.17) is 15.4 Å². The number of hydrogen-bond acceptors (Lipinski definition) is 5. The number of ether oxygens (including phenoxy) is 1. The van der Waals surface area contributed by atoms with Crippen molar-refractivity contribution in [2.75, 3.05) is 12.4 Å². The highest BCUT2D eigenvalue weighted by atomic mass is 35.7. The molecule has 0 saturated heterocycles. The van der Waals surface area contributed by atoms with Crippen LogP contribution in [0.15, 0.2) is 18.2 Å². The maximum atomic E-state index is 10.7. The van der Waals surface area contributed by atoms with Gasteiger partial charge in [0.15, 0.2) is 0 Å². The van der Waals surface area contributed by atoms with E-state index in [1.807, 2.05) is 0 Å². The van der Waals surface area contributed by atoms with Crippen LogP contribution in [0.4, 0.5) is 5.69 Å². The minimum atomic E-state index is -3.50. The minimum absolute atomic E-state index is 0.0109. The predicted molar refractivity (Wildman–Crippen MR) is 67.6 cm³/mol. The van der Waals surface area contributed by atoms with Crippen molar-refractivity contribution < 1.29 is 18.1 Å². The van der Waals surface area contributed by atoms with Crippen LogP contribution >= 0.6 is 10.7 Å². The van der Waals surface area contributed by atoms with Gasteiger partial charge in [-0.25, -0.2) is 8.42 Å². The van der Waals surface area contributed by atoms with Gasteiger partial charge in [0.1, 0.15) is 5.75 Å². The Labute approximate surface area is 109 Å². The zero-order valence-electron chi connectivity index (χ0n) is 9.63. The van der Waals surface area contributed by atoms with Crippen molar-refractivity contribution in [2.24, 2.45) is 0 Å². The fourth-order valence-electron chi connectivity index (χ4n) is 1.32. The quantitative estimate of drug-likeness (QED) is 0.347. The Morgan fingerprint density at radius 3 is 2.61 bits per heavy atom. The first-order valence-electron chi connectivity index (χ1n) is 5.10. The van der Waals surface area contributed by atoms with E-state index < -0.39 is 14.0 Å². The highest BCUT2D eigenvalue weighted by molar-refractivity contribution is 8.13. The number of nitro benzene ring substituents is 1. The third-order valence-corrected chi connectivity index (χ3v) is 3.40. The van der Waals surface area contributed by atoms with Crippen LogP contribution < -0.4 is 4.74 Å². The standard InChI is InChI=1S/C10H12ClNO5S/c1-8-7-9(12(13)14)3-4-10(8)17-5-2-6-18(11,15)16/h3-4,7H,2,5-6H2,1H3. The van der Waals surface area contributed by atoms with E-state index in [9.17, 15) is 18.5 Å². The molecular weight excluding hydrogens is 282 g/mol. The van der Waals surface area contributed by atoms with E-state index in [0.717, 1.165) is 0 Å². The number of rotatable bonds is 6. The summed E-state index contributed by atoms with van der Waals surface area (Å²) in [7, 11) is 1.54. The van der Waals surface area contributed by atoms with Gasteiger partial charge in [-0.05, 0) is 25.0 Å². The molecule has 0 unspecified atom stereocenters. The van der Waals surface area contributed by atoms with Crippen molar-refractivity contribution in [2.45, 2.75) is 13.3 Å². The number of benzene rings is 1. The van der Waals surface area contributed by atoms with Crippen LogP contribution in [0.1, 0.15) is 12.0 Å². The van der Waals surface area contributed by atoms with Crippen LogP contribution in [0, 0.1) is 17.0 Å². The maximum Gasteiger partial charge on any atom is 0.269 e. The van der Waals surface area contributed by atoms with Gasteiger partial charge >= 0.3 is 0 Å². The van der Waals surface area contributed by atoms with Crippen molar-refractivity contribution in [3.8, 4) is 5.75 Å². The zero-order chi connectivity index (χ0) is 13.8. The molecule has 0 fully saturated rings. The van der Waals surface area contributed by atoms with Gasteiger partial charge in [0.2, 0.25) is 9.05 Å².